The Balaban J connectivity index is 0.00000139. The van der Waals surface area contributed by atoms with E-state index in [-0.39, 0.29) is 45.1 Å². The number of benzene rings is 4. The van der Waals surface area contributed by atoms with Crippen LogP contribution < -0.4 is 42.5 Å². The highest BCUT2D eigenvalue weighted by Crippen LogP contribution is 2.37. The molecule has 0 aromatic heterocycles. The predicted octanol–water partition coefficient (Wildman–Crippen LogP) is 18.8. The zero-order chi connectivity index (χ0) is 59.5. The van der Waals surface area contributed by atoms with E-state index in [0.717, 1.165) is 72.5 Å². The number of carbonyl (C=O) groups excluding carboxylic acids is 4. The minimum Gasteiger partial charge on any atom is -0.338 e. The molecule has 0 aliphatic heterocycles. The Labute approximate surface area is 481 Å². The zero-order valence-corrected chi connectivity index (χ0v) is 53.4. The first kappa shape index (κ1) is 72.6. The van der Waals surface area contributed by atoms with Crippen molar-refractivity contribution in [2.75, 3.05) is 63.1 Å². The van der Waals surface area contributed by atoms with E-state index < -0.39 is 0 Å². The van der Waals surface area contributed by atoms with Crippen molar-refractivity contribution in [3.63, 3.8) is 0 Å². The Morgan fingerprint density at radius 3 is 1.28 bits per heavy atom. The number of thioether (sulfide) groups is 1. The van der Waals surface area contributed by atoms with Crippen LogP contribution in [-0.2, 0) is 15.0 Å². The number of anilines is 6. The van der Waals surface area contributed by atoms with E-state index >= 15 is 0 Å². The van der Waals surface area contributed by atoms with Gasteiger partial charge < -0.3 is 46.7 Å². The van der Waals surface area contributed by atoms with Crippen LogP contribution in [0.25, 0.3) is 0 Å². The van der Waals surface area contributed by atoms with Crippen LogP contribution in [0.2, 0.25) is 0 Å². The minimum atomic E-state index is -0.340. The second-order valence-electron chi connectivity index (χ2n) is 21.3. The van der Waals surface area contributed by atoms with Crippen molar-refractivity contribution in [1.82, 2.24) is 10.6 Å². The van der Waals surface area contributed by atoms with Crippen molar-refractivity contribution in [2.24, 2.45) is 5.41 Å². The molecule has 0 radical (unpaired) electrons. The lowest BCUT2D eigenvalue weighted by Gasteiger charge is -2.33. The van der Waals surface area contributed by atoms with Crippen molar-refractivity contribution in [2.45, 2.75) is 193 Å². The number of urea groups is 4. The number of amides is 8. The quantitative estimate of drug-likeness (QED) is 0.0270. The molecule has 8 N–H and O–H groups in total. The Bertz CT molecular complexity index is 2330. The molecule has 0 atom stereocenters. The topological polar surface area (TPSA) is 174 Å². The Morgan fingerprint density at radius 1 is 0.487 bits per heavy atom. The first-order chi connectivity index (χ1) is 36.8. The summed E-state index contributed by atoms with van der Waals surface area (Å²) in [7, 11) is 0. The van der Waals surface area contributed by atoms with Crippen LogP contribution in [0.15, 0.2) is 84.9 Å². The maximum Gasteiger partial charge on any atom is 0.323 e. The molecule has 4 aromatic rings. The molecule has 0 aliphatic rings. The van der Waals surface area contributed by atoms with Crippen LogP contribution in [0, 0.1) is 19.3 Å². The fourth-order valence-electron chi connectivity index (χ4n) is 8.29. The third-order valence-electron chi connectivity index (χ3n) is 11.8. The van der Waals surface area contributed by atoms with Crippen LogP contribution in [0.4, 0.5) is 53.3 Å². The van der Waals surface area contributed by atoms with Crippen molar-refractivity contribution < 1.29 is 23.4 Å². The average molecular weight is 1120 g/mol. The molecule has 4 aromatic carbocycles. The maximum absolute atomic E-state index is 12.6. The second-order valence-corrected chi connectivity index (χ2v) is 24.2. The van der Waals surface area contributed by atoms with Crippen LogP contribution in [0.3, 0.4) is 0 Å². The molecular weight excluding hydrogens is 1010 g/mol. The van der Waals surface area contributed by atoms with Gasteiger partial charge in [0.1, 0.15) is 0 Å². The first-order valence-electron chi connectivity index (χ1n) is 28.4. The van der Waals surface area contributed by atoms with Gasteiger partial charge in [-0.15, -0.1) is 0 Å². The molecular formula is C63H104N8O5S2. The lowest BCUT2D eigenvalue weighted by molar-refractivity contribution is 0.251. The Hall–Kier alpha value is -5.38. The highest BCUT2D eigenvalue weighted by Gasteiger charge is 2.27. The number of aryl methyl sites for hydroxylation is 2. The number of hydrogen-bond acceptors (Lipinski definition) is 7. The van der Waals surface area contributed by atoms with E-state index in [1.807, 2.05) is 123 Å². The van der Waals surface area contributed by atoms with Gasteiger partial charge in [-0.3, -0.25) is 0 Å². The van der Waals surface area contributed by atoms with Gasteiger partial charge in [0.2, 0.25) is 0 Å². The van der Waals surface area contributed by atoms with Gasteiger partial charge in [0.15, 0.2) is 0 Å². The van der Waals surface area contributed by atoms with Crippen molar-refractivity contribution in [1.29, 1.82) is 0 Å². The minimum absolute atomic E-state index is 0.000982. The molecule has 0 aliphatic carbocycles. The molecule has 78 heavy (non-hydrogen) atoms. The molecule has 0 unspecified atom stereocenters. The fraction of sp³-hybridized carbons (Fsp3) is 0.556. The normalized spacial score (nSPS) is 11.0. The average Bonchev–Trinajstić information content (AvgIpc) is 3.38. The Kier molecular flexibility index (Phi) is 35.6. The van der Waals surface area contributed by atoms with E-state index in [1.54, 1.807) is 12.1 Å². The van der Waals surface area contributed by atoms with Gasteiger partial charge in [-0.05, 0) is 177 Å². The molecule has 0 fully saturated rings. The van der Waals surface area contributed by atoms with Crippen LogP contribution in [-0.4, -0.2) is 60.1 Å². The monoisotopic (exact) mass is 1120 g/mol. The van der Waals surface area contributed by atoms with Gasteiger partial charge >= 0.3 is 24.1 Å². The molecule has 8 amide bonds. The third-order valence-corrected chi connectivity index (χ3v) is 13.8. The molecule has 438 valence electrons. The van der Waals surface area contributed by atoms with Crippen molar-refractivity contribution in [3.8, 4) is 0 Å². The van der Waals surface area contributed by atoms with E-state index in [4.69, 9.17) is 4.18 Å². The standard InChI is InChI=1S/C29H44N4O3S.C28H42N4O2S.3C2H6/c1-8-17-28(4,5)22-12-15-23(16-13-22)31-27(35)32-24-14-11-21(3)25(20-24)33-26(34)30-19-10-18-29(6,7)37-36-9-2;1-8-35-17-9-16-29-25(33)32-24-18-23(13-10-20(24)2)31-26(34)30-22-14-11-21(12-15-22)28(6,7)19-27(3,4)5;3*1-2/h11-16,20H,8-10,17-19H2,1-7H3,(H2,30,33,34)(H2,31,32,35);10-15,18H,8-9,16-17,19H2,1-7H3,(H2,29,32,33)(H2,30,31,34);3*1-2H3. The molecule has 13 nitrogen and oxygen atoms in total. The summed E-state index contributed by atoms with van der Waals surface area (Å²) in [5, 5.41) is 23.0. The van der Waals surface area contributed by atoms with Gasteiger partial charge in [-0.2, -0.15) is 11.8 Å². The lowest BCUT2D eigenvalue weighted by atomic mass is 9.72. The molecule has 0 saturated carbocycles. The summed E-state index contributed by atoms with van der Waals surface area (Å²) in [6, 6.07) is 25.7. The number of nitrogens with one attached hydrogen (secondary N) is 8. The molecule has 0 saturated heterocycles. The predicted molar refractivity (Wildman–Crippen MR) is 344 cm³/mol. The van der Waals surface area contributed by atoms with Crippen molar-refractivity contribution >= 4 is 82.1 Å². The SMILES string of the molecule is CC.CC.CC.CCCC(C)(C)c1ccc(NC(=O)Nc2ccc(C)c(NC(=O)NCCCC(C)(C)SOCC)c2)cc1.CCSCCCNC(=O)Nc1cc(NC(=O)Nc2ccc(C(C)(C)CC(C)(C)C)cc2)ccc1C. The molecule has 4 rings (SSSR count). The highest BCUT2D eigenvalue weighted by atomic mass is 32.2. The lowest BCUT2D eigenvalue weighted by Crippen LogP contribution is -2.30. The fourth-order valence-corrected chi connectivity index (χ4v) is 9.59. The van der Waals surface area contributed by atoms with Gasteiger partial charge in [0.05, 0.1) is 6.61 Å². The van der Waals surface area contributed by atoms with E-state index in [0.29, 0.717) is 42.4 Å². The zero-order valence-electron chi connectivity index (χ0n) is 51.7. The summed E-state index contributed by atoms with van der Waals surface area (Å²) in [4.78, 5) is 49.8. The first-order valence-corrected chi connectivity index (χ1v) is 30.3. The van der Waals surface area contributed by atoms with Crippen LogP contribution >= 0.6 is 23.8 Å². The maximum atomic E-state index is 12.6. The second kappa shape index (κ2) is 38.3. The number of carbonyl (C=O) groups is 4. The van der Waals surface area contributed by atoms with Gasteiger partial charge in [0, 0.05) is 52.0 Å². The summed E-state index contributed by atoms with van der Waals surface area (Å²) in [5.74, 6) is 2.11. The van der Waals surface area contributed by atoms with Crippen molar-refractivity contribution in [3.05, 3.63) is 107 Å². The summed E-state index contributed by atoms with van der Waals surface area (Å²) >= 11 is 3.34. The van der Waals surface area contributed by atoms with Crippen LogP contribution in [0.1, 0.15) is 185 Å². The molecule has 15 heteroatoms. The van der Waals surface area contributed by atoms with Gasteiger partial charge in [-0.25, -0.2) is 19.2 Å². The molecule has 0 spiro atoms. The largest absolute Gasteiger partial charge is 0.338 e. The van der Waals surface area contributed by atoms with Crippen LogP contribution in [0.5, 0.6) is 0 Å². The number of rotatable bonds is 23. The third kappa shape index (κ3) is 30.1. The summed E-state index contributed by atoms with van der Waals surface area (Å²) in [5.41, 5.74) is 8.65. The van der Waals surface area contributed by atoms with E-state index in [1.165, 1.54) is 23.2 Å². The highest BCUT2D eigenvalue weighted by molar-refractivity contribution is 7.99. The summed E-state index contributed by atoms with van der Waals surface area (Å²) in [6.07, 6.45) is 5.99. The molecule has 0 bridgehead atoms. The van der Waals surface area contributed by atoms with E-state index in [2.05, 4.69) is 143 Å². The van der Waals surface area contributed by atoms with Gasteiger partial charge in [-0.1, -0.05) is 147 Å². The van der Waals surface area contributed by atoms with Gasteiger partial charge in [0.25, 0.3) is 0 Å². The summed E-state index contributed by atoms with van der Waals surface area (Å²) in [6.45, 7) is 44.0. The summed E-state index contributed by atoms with van der Waals surface area (Å²) < 4.78 is 5.45. The molecule has 0 heterocycles. The number of hydrogen-bond donors (Lipinski definition) is 8. The smallest absolute Gasteiger partial charge is 0.323 e. The van der Waals surface area contributed by atoms with E-state index in [9.17, 15) is 19.2 Å². The Morgan fingerprint density at radius 2 is 0.885 bits per heavy atom.